The number of nitrogens with one attached hydrogen (secondary N) is 1. The minimum atomic E-state index is 0.440. The number of thiazole rings is 1. The van der Waals surface area contributed by atoms with E-state index in [1.54, 1.807) is 11.3 Å². The highest BCUT2D eigenvalue weighted by Crippen LogP contribution is 2.36. The molecule has 0 fully saturated rings. The molecule has 2 atom stereocenters. The molecule has 2 heterocycles. The summed E-state index contributed by atoms with van der Waals surface area (Å²) in [6.45, 7) is 0. The highest BCUT2D eigenvalue weighted by Gasteiger charge is 2.28. The molecule has 0 spiro atoms. The summed E-state index contributed by atoms with van der Waals surface area (Å²) in [5.41, 5.74) is 4.18. The number of benzene rings is 1. The lowest BCUT2D eigenvalue weighted by molar-refractivity contribution is 0.333. The normalized spacial score (nSPS) is 21.6. The molecular formula is C17H19N3S. The maximum absolute atomic E-state index is 4.75. The van der Waals surface area contributed by atoms with E-state index in [1.165, 1.54) is 29.7 Å². The monoisotopic (exact) mass is 297 g/mol. The van der Waals surface area contributed by atoms with Gasteiger partial charge in [0.2, 0.25) is 0 Å². The van der Waals surface area contributed by atoms with E-state index < -0.39 is 0 Å². The van der Waals surface area contributed by atoms with Crippen LogP contribution in [0.1, 0.15) is 29.3 Å². The first kappa shape index (κ1) is 13.0. The minimum absolute atomic E-state index is 0.440. The Morgan fingerprint density at radius 2 is 2.29 bits per heavy atom. The molecule has 2 unspecified atom stereocenters. The molecule has 0 radical (unpaired) electrons. The van der Waals surface area contributed by atoms with Crippen LogP contribution in [0.15, 0.2) is 42.0 Å². The molecule has 3 nitrogen and oxygen atoms in total. The number of aryl methyl sites for hydroxylation is 1. The van der Waals surface area contributed by atoms with Crippen LogP contribution in [0.5, 0.6) is 0 Å². The number of nitrogens with zero attached hydrogens (tertiary/aromatic N) is 2. The Hall–Kier alpha value is -1.65. The second kappa shape index (κ2) is 5.28. The van der Waals surface area contributed by atoms with Crippen molar-refractivity contribution in [3.05, 3.63) is 58.9 Å². The third-order valence-corrected chi connectivity index (χ3v) is 5.34. The summed E-state index contributed by atoms with van der Waals surface area (Å²) in [4.78, 5) is 5.84. The standard InChI is InChI=1S/C17H19N3S/c1-18-16-13(7-6-12-4-2-3-5-15(12)16)10-14-11-20-8-9-21-17(20)19-14/h2-5,8-9,11,13,16,18H,6-7,10H2,1H3. The predicted molar refractivity (Wildman–Crippen MR) is 86.8 cm³/mol. The van der Waals surface area contributed by atoms with E-state index in [0.717, 1.165) is 11.4 Å². The molecule has 1 N–H and O–H groups in total. The maximum atomic E-state index is 4.75. The van der Waals surface area contributed by atoms with Crippen LogP contribution in [0, 0.1) is 5.92 Å². The molecule has 2 aromatic heterocycles. The summed E-state index contributed by atoms with van der Waals surface area (Å²) in [5, 5.41) is 5.61. The molecule has 3 aromatic rings. The average molecular weight is 297 g/mol. The molecule has 0 aliphatic heterocycles. The zero-order chi connectivity index (χ0) is 14.2. The van der Waals surface area contributed by atoms with Crippen LogP contribution in [-0.2, 0) is 12.8 Å². The van der Waals surface area contributed by atoms with Crippen molar-refractivity contribution in [2.75, 3.05) is 7.05 Å². The second-order valence-electron chi connectivity index (χ2n) is 5.79. The van der Waals surface area contributed by atoms with Gasteiger partial charge in [-0.1, -0.05) is 24.3 Å². The largest absolute Gasteiger partial charge is 0.313 e. The first-order valence-electron chi connectivity index (χ1n) is 7.51. The molecule has 1 aliphatic carbocycles. The average Bonchev–Trinajstić information content (AvgIpc) is 3.08. The van der Waals surface area contributed by atoms with Crippen molar-refractivity contribution in [3.8, 4) is 0 Å². The van der Waals surface area contributed by atoms with Gasteiger partial charge < -0.3 is 5.32 Å². The van der Waals surface area contributed by atoms with Crippen molar-refractivity contribution >= 4 is 16.3 Å². The van der Waals surface area contributed by atoms with Crippen molar-refractivity contribution in [1.29, 1.82) is 0 Å². The molecule has 0 bridgehead atoms. The van der Waals surface area contributed by atoms with Crippen LogP contribution in [0.25, 0.3) is 4.96 Å². The molecule has 4 rings (SSSR count). The van der Waals surface area contributed by atoms with Gasteiger partial charge in [-0.3, -0.25) is 4.40 Å². The predicted octanol–water partition coefficient (Wildman–Crippen LogP) is 3.46. The van der Waals surface area contributed by atoms with E-state index in [9.17, 15) is 0 Å². The Balaban J connectivity index is 1.61. The van der Waals surface area contributed by atoms with Crippen molar-refractivity contribution in [3.63, 3.8) is 0 Å². The molecule has 4 heteroatoms. The van der Waals surface area contributed by atoms with E-state index in [2.05, 4.69) is 58.8 Å². The van der Waals surface area contributed by atoms with Gasteiger partial charge in [0, 0.05) is 23.8 Å². The van der Waals surface area contributed by atoms with Crippen molar-refractivity contribution in [1.82, 2.24) is 14.7 Å². The molecule has 0 saturated carbocycles. The van der Waals surface area contributed by atoms with Gasteiger partial charge in [0.05, 0.1) is 5.69 Å². The van der Waals surface area contributed by atoms with E-state index >= 15 is 0 Å². The lowest BCUT2D eigenvalue weighted by atomic mass is 9.78. The maximum Gasteiger partial charge on any atom is 0.193 e. The summed E-state index contributed by atoms with van der Waals surface area (Å²) in [6, 6.07) is 9.28. The molecule has 108 valence electrons. The van der Waals surface area contributed by atoms with Gasteiger partial charge in [-0.25, -0.2) is 4.98 Å². The lowest BCUT2D eigenvalue weighted by Gasteiger charge is -2.33. The van der Waals surface area contributed by atoms with Gasteiger partial charge >= 0.3 is 0 Å². The number of fused-ring (bicyclic) bond motifs is 2. The summed E-state index contributed by atoms with van der Waals surface area (Å²) in [7, 11) is 2.07. The topological polar surface area (TPSA) is 29.3 Å². The van der Waals surface area contributed by atoms with Gasteiger partial charge in [0.25, 0.3) is 0 Å². The van der Waals surface area contributed by atoms with Gasteiger partial charge in [0.1, 0.15) is 0 Å². The van der Waals surface area contributed by atoms with Crippen LogP contribution in [-0.4, -0.2) is 16.4 Å². The molecule has 1 aromatic carbocycles. The Kier molecular flexibility index (Phi) is 3.28. The van der Waals surface area contributed by atoms with Crippen LogP contribution < -0.4 is 5.32 Å². The quantitative estimate of drug-likeness (QED) is 0.802. The Labute approximate surface area is 128 Å². The lowest BCUT2D eigenvalue weighted by Crippen LogP contribution is -2.31. The zero-order valence-electron chi connectivity index (χ0n) is 12.1. The van der Waals surface area contributed by atoms with Crippen LogP contribution in [0.3, 0.4) is 0 Å². The minimum Gasteiger partial charge on any atom is -0.313 e. The van der Waals surface area contributed by atoms with E-state index in [1.807, 2.05) is 0 Å². The number of imidazole rings is 1. The Bertz CT molecular complexity index is 730. The van der Waals surface area contributed by atoms with Crippen molar-refractivity contribution < 1.29 is 0 Å². The third kappa shape index (κ3) is 2.28. The molecule has 0 saturated heterocycles. The third-order valence-electron chi connectivity index (χ3n) is 4.57. The van der Waals surface area contributed by atoms with Gasteiger partial charge in [-0.15, -0.1) is 11.3 Å². The fourth-order valence-electron chi connectivity index (χ4n) is 3.58. The van der Waals surface area contributed by atoms with Crippen molar-refractivity contribution in [2.45, 2.75) is 25.3 Å². The first-order chi connectivity index (χ1) is 10.3. The highest BCUT2D eigenvalue weighted by atomic mass is 32.1. The highest BCUT2D eigenvalue weighted by molar-refractivity contribution is 7.15. The number of hydrogen-bond acceptors (Lipinski definition) is 3. The van der Waals surface area contributed by atoms with Gasteiger partial charge in [-0.05, 0) is 43.4 Å². The zero-order valence-corrected chi connectivity index (χ0v) is 12.9. The first-order valence-corrected chi connectivity index (χ1v) is 8.39. The number of aromatic nitrogens is 2. The smallest absolute Gasteiger partial charge is 0.193 e. The molecular weight excluding hydrogens is 278 g/mol. The Morgan fingerprint density at radius 3 is 3.14 bits per heavy atom. The summed E-state index contributed by atoms with van der Waals surface area (Å²) >= 11 is 1.70. The van der Waals surface area contributed by atoms with Crippen LogP contribution in [0.4, 0.5) is 0 Å². The number of rotatable bonds is 3. The van der Waals surface area contributed by atoms with Gasteiger partial charge in [-0.2, -0.15) is 0 Å². The molecule has 1 aliphatic rings. The van der Waals surface area contributed by atoms with Crippen molar-refractivity contribution in [2.24, 2.45) is 5.92 Å². The molecule has 0 amide bonds. The second-order valence-corrected chi connectivity index (χ2v) is 6.67. The van der Waals surface area contributed by atoms with Gasteiger partial charge in [0.15, 0.2) is 4.96 Å². The van der Waals surface area contributed by atoms with Crippen LogP contribution in [0.2, 0.25) is 0 Å². The van der Waals surface area contributed by atoms with E-state index in [-0.39, 0.29) is 0 Å². The van der Waals surface area contributed by atoms with Crippen LogP contribution >= 0.6 is 11.3 Å². The summed E-state index contributed by atoms with van der Waals surface area (Å²) in [5.74, 6) is 0.620. The fourth-order valence-corrected chi connectivity index (χ4v) is 4.30. The van der Waals surface area contributed by atoms with E-state index in [4.69, 9.17) is 4.98 Å². The SMILES string of the molecule is CNC1c2ccccc2CCC1Cc1cn2ccsc2n1. The molecule has 21 heavy (non-hydrogen) atoms. The van der Waals surface area contributed by atoms with E-state index in [0.29, 0.717) is 12.0 Å². The summed E-state index contributed by atoms with van der Waals surface area (Å²) < 4.78 is 2.13. The Morgan fingerprint density at radius 1 is 1.38 bits per heavy atom. The number of hydrogen-bond donors (Lipinski definition) is 1. The fraction of sp³-hybridized carbons (Fsp3) is 0.353. The summed E-state index contributed by atoms with van der Waals surface area (Å²) in [6.07, 6.45) is 7.73.